The molecule has 1 aromatic heterocycles. The molecule has 3 heterocycles. The molecule has 3 aromatic carbocycles. The molecule has 2 aliphatic rings. The highest BCUT2D eigenvalue weighted by Crippen LogP contribution is 2.29. The van der Waals surface area contributed by atoms with E-state index < -0.39 is 10.0 Å². The highest BCUT2D eigenvalue weighted by atomic mass is 32.2. The maximum Gasteiger partial charge on any atom is 0.333 e. The quantitative estimate of drug-likeness (QED) is 0.255. The van der Waals surface area contributed by atoms with Crippen molar-refractivity contribution in [2.24, 2.45) is 0 Å². The van der Waals surface area contributed by atoms with Gasteiger partial charge in [0, 0.05) is 63.6 Å². The van der Waals surface area contributed by atoms with Crippen LogP contribution in [0.3, 0.4) is 0 Å². The standard InChI is InChI=1S/C34H40N6O5S/c1-26-9-5-6-14-30(26)46(43,44)36-15-8-18-39-32(33(41)38-19-16-35-17-20-38)31(27-10-3-2-4-11-27)40(34(39)42)29-13-7-12-28(25-29)37-21-23-45-24-22-37/h2-7,9-14,25,35-36H,8,15-24H2,1H3. The van der Waals surface area contributed by atoms with Gasteiger partial charge in [-0.3, -0.25) is 13.9 Å². The van der Waals surface area contributed by atoms with Gasteiger partial charge >= 0.3 is 5.69 Å². The third-order valence-corrected chi connectivity index (χ3v) is 10.1. The fraction of sp³-hybridized carbons (Fsp3) is 0.353. The molecule has 2 aliphatic heterocycles. The molecule has 2 saturated heterocycles. The molecule has 0 saturated carbocycles. The highest BCUT2D eigenvalue weighted by Gasteiger charge is 2.31. The van der Waals surface area contributed by atoms with Gasteiger partial charge < -0.3 is 19.9 Å². The van der Waals surface area contributed by atoms with Crippen LogP contribution in [0.4, 0.5) is 5.69 Å². The average molecular weight is 645 g/mol. The van der Waals surface area contributed by atoms with Crippen LogP contribution in [0.2, 0.25) is 0 Å². The molecule has 2 N–H and O–H groups in total. The van der Waals surface area contributed by atoms with E-state index >= 15 is 0 Å². The molecule has 242 valence electrons. The molecule has 2 fully saturated rings. The molecule has 6 rings (SSSR count). The molecule has 0 spiro atoms. The molecule has 0 aliphatic carbocycles. The van der Waals surface area contributed by atoms with Crippen molar-refractivity contribution in [3.8, 4) is 16.9 Å². The minimum absolute atomic E-state index is 0.0999. The van der Waals surface area contributed by atoms with Crippen molar-refractivity contribution in [2.45, 2.75) is 24.8 Å². The van der Waals surface area contributed by atoms with Crippen LogP contribution in [-0.4, -0.2) is 87.4 Å². The van der Waals surface area contributed by atoms with E-state index in [1.165, 1.54) is 4.57 Å². The summed E-state index contributed by atoms with van der Waals surface area (Å²) in [6, 6.07) is 24.1. The average Bonchev–Trinajstić information content (AvgIpc) is 3.39. The predicted molar refractivity (Wildman–Crippen MR) is 178 cm³/mol. The van der Waals surface area contributed by atoms with Crippen molar-refractivity contribution in [2.75, 3.05) is 63.9 Å². The second-order valence-corrected chi connectivity index (χ2v) is 13.2. The number of benzene rings is 3. The lowest BCUT2D eigenvalue weighted by Crippen LogP contribution is -2.47. The van der Waals surface area contributed by atoms with E-state index in [2.05, 4.69) is 14.9 Å². The predicted octanol–water partition coefficient (Wildman–Crippen LogP) is 2.87. The Labute approximate surface area is 269 Å². The van der Waals surface area contributed by atoms with E-state index in [-0.39, 0.29) is 29.6 Å². The van der Waals surface area contributed by atoms with E-state index in [1.807, 2.05) is 54.6 Å². The van der Waals surface area contributed by atoms with Crippen molar-refractivity contribution in [1.29, 1.82) is 0 Å². The lowest BCUT2D eigenvalue weighted by Gasteiger charge is -2.29. The lowest BCUT2D eigenvalue weighted by molar-refractivity contribution is 0.0725. The topological polar surface area (TPSA) is 118 Å². The number of nitrogens with zero attached hydrogens (tertiary/aromatic N) is 4. The van der Waals surface area contributed by atoms with Gasteiger partial charge in [-0.2, -0.15) is 0 Å². The summed E-state index contributed by atoms with van der Waals surface area (Å²) in [5.74, 6) is -0.221. The number of amides is 1. The van der Waals surface area contributed by atoms with Crippen molar-refractivity contribution in [3.63, 3.8) is 0 Å². The van der Waals surface area contributed by atoms with Crippen LogP contribution in [0.1, 0.15) is 22.5 Å². The molecule has 0 unspecified atom stereocenters. The first-order chi connectivity index (χ1) is 22.3. The minimum atomic E-state index is -3.74. The molecule has 12 heteroatoms. The SMILES string of the molecule is Cc1ccccc1S(=O)(=O)NCCCn1c(C(=O)N2CCNCC2)c(-c2ccccc2)n(-c2cccc(N3CCOCC3)c2)c1=O. The third-order valence-electron chi connectivity index (χ3n) is 8.49. The summed E-state index contributed by atoms with van der Waals surface area (Å²) in [7, 11) is -3.74. The number of sulfonamides is 1. The summed E-state index contributed by atoms with van der Waals surface area (Å²) in [5.41, 5.74) is 3.50. The smallest absolute Gasteiger partial charge is 0.333 e. The third kappa shape index (κ3) is 6.66. The normalized spacial score (nSPS) is 15.7. The number of hydrogen-bond acceptors (Lipinski definition) is 7. The molecule has 0 radical (unpaired) electrons. The number of piperazine rings is 1. The van der Waals surface area contributed by atoms with Crippen molar-refractivity contribution >= 4 is 21.6 Å². The van der Waals surface area contributed by atoms with Gasteiger partial charge in [-0.15, -0.1) is 0 Å². The summed E-state index contributed by atoms with van der Waals surface area (Å²) < 4.78 is 37.5. The van der Waals surface area contributed by atoms with Crippen LogP contribution in [0.15, 0.2) is 88.6 Å². The Morgan fingerprint density at radius 3 is 2.33 bits per heavy atom. The summed E-state index contributed by atoms with van der Waals surface area (Å²) in [6.45, 7) is 7.14. The number of morpholine rings is 1. The zero-order valence-electron chi connectivity index (χ0n) is 26.0. The lowest BCUT2D eigenvalue weighted by atomic mass is 10.1. The van der Waals surface area contributed by atoms with Crippen LogP contribution in [0.5, 0.6) is 0 Å². The number of imidazole rings is 1. The maximum atomic E-state index is 14.5. The van der Waals surface area contributed by atoms with E-state index in [0.29, 0.717) is 68.5 Å². The second-order valence-electron chi connectivity index (χ2n) is 11.5. The largest absolute Gasteiger partial charge is 0.378 e. The zero-order valence-corrected chi connectivity index (χ0v) is 26.8. The Morgan fingerprint density at radius 1 is 0.891 bits per heavy atom. The van der Waals surface area contributed by atoms with Crippen molar-refractivity contribution in [1.82, 2.24) is 24.1 Å². The number of ether oxygens (including phenoxy) is 1. The minimum Gasteiger partial charge on any atom is -0.378 e. The van der Waals surface area contributed by atoms with Gasteiger partial charge in [0.15, 0.2) is 0 Å². The van der Waals surface area contributed by atoms with Crippen LogP contribution >= 0.6 is 0 Å². The first-order valence-corrected chi connectivity index (χ1v) is 17.2. The highest BCUT2D eigenvalue weighted by molar-refractivity contribution is 7.89. The molecule has 4 aromatic rings. The summed E-state index contributed by atoms with van der Waals surface area (Å²) in [5, 5.41) is 3.29. The van der Waals surface area contributed by atoms with Crippen LogP contribution < -0.4 is 20.6 Å². The van der Waals surface area contributed by atoms with Gasteiger partial charge in [-0.1, -0.05) is 54.6 Å². The molecule has 1 amide bonds. The number of carbonyl (C=O) groups is 1. The van der Waals surface area contributed by atoms with Crippen molar-refractivity contribution < 1.29 is 17.9 Å². The van der Waals surface area contributed by atoms with Gasteiger partial charge in [-0.25, -0.2) is 17.9 Å². The van der Waals surface area contributed by atoms with Crippen LogP contribution in [0, 0.1) is 6.92 Å². The summed E-state index contributed by atoms with van der Waals surface area (Å²) in [6.07, 6.45) is 0.304. The second kappa shape index (κ2) is 14.0. The Hall–Kier alpha value is -4.23. The van der Waals surface area contributed by atoms with Gasteiger partial charge in [0.1, 0.15) is 5.69 Å². The van der Waals surface area contributed by atoms with E-state index in [4.69, 9.17) is 4.74 Å². The monoisotopic (exact) mass is 644 g/mol. The number of nitrogens with one attached hydrogen (secondary N) is 2. The van der Waals surface area contributed by atoms with Gasteiger partial charge in [0.2, 0.25) is 10.0 Å². The fourth-order valence-electron chi connectivity index (χ4n) is 6.12. The molecular formula is C34H40N6O5S. The summed E-state index contributed by atoms with van der Waals surface area (Å²) in [4.78, 5) is 33.0. The number of anilines is 1. The zero-order chi connectivity index (χ0) is 32.1. The number of hydrogen-bond donors (Lipinski definition) is 2. The van der Waals surface area contributed by atoms with Gasteiger partial charge in [0.25, 0.3) is 5.91 Å². The first kappa shape index (κ1) is 31.7. The Kier molecular flexibility index (Phi) is 9.69. The van der Waals surface area contributed by atoms with E-state index in [0.717, 1.165) is 24.3 Å². The number of carbonyl (C=O) groups excluding carboxylic acids is 1. The van der Waals surface area contributed by atoms with E-state index in [1.54, 1.807) is 40.7 Å². The molecule has 0 bridgehead atoms. The Bertz CT molecular complexity index is 1840. The maximum absolute atomic E-state index is 14.5. The van der Waals surface area contributed by atoms with Gasteiger partial charge in [-0.05, 0) is 43.2 Å². The van der Waals surface area contributed by atoms with E-state index in [9.17, 15) is 18.0 Å². The summed E-state index contributed by atoms with van der Waals surface area (Å²) >= 11 is 0. The van der Waals surface area contributed by atoms with Gasteiger partial charge in [0.05, 0.1) is 29.5 Å². The Balaban J connectivity index is 1.41. The van der Waals surface area contributed by atoms with Crippen molar-refractivity contribution in [3.05, 3.63) is 101 Å². The number of rotatable bonds is 10. The molecular weight excluding hydrogens is 604 g/mol. The number of aromatic nitrogens is 2. The molecule has 0 atom stereocenters. The molecule has 11 nitrogen and oxygen atoms in total. The number of aryl methyl sites for hydroxylation is 1. The molecule has 46 heavy (non-hydrogen) atoms. The van der Waals surface area contributed by atoms with Crippen LogP contribution in [0.25, 0.3) is 16.9 Å². The Morgan fingerprint density at radius 2 is 1.59 bits per heavy atom. The van der Waals surface area contributed by atoms with Crippen LogP contribution in [-0.2, 0) is 21.3 Å². The fourth-order valence-corrected chi connectivity index (χ4v) is 7.44. The first-order valence-electron chi connectivity index (χ1n) is 15.7.